The van der Waals surface area contributed by atoms with Gasteiger partial charge in [-0.25, -0.2) is 4.79 Å². The highest BCUT2D eigenvalue weighted by atomic mass is 16.5. The van der Waals surface area contributed by atoms with E-state index in [0.717, 1.165) is 16.9 Å². The van der Waals surface area contributed by atoms with Crippen LogP contribution in [0.5, 0.6) is 5.75 Å². The predicted octanol–water partition coefficient (Wildman–Crippen LogP) is 2.18. The molecule has 0 N–H and O–H groups in total. The minimum Gasteiger partial charge on any atom is -0.497 e. The van der Waals surface area contributed by atoms with Crippen LogP contribution in [0.4, 0.5) is 0 Å². The molecule has 0 radical (unpaired) electrons. The Balaban J connectivity index is 1.75. The number of methoxy groups -OCH3 is 2. The van der Waals surface area contributed by atoms with Crippen molar-refractivity contribution in [3.8, 4) is 17.1 Å². The molecule has 0 spiro atoms. The maximum absolute atomic E-state index is 11.4. The van der Waals surface area contributed by atoms with Crippen molar-refractivity contribution < 1.29 is 14.3 Å². The monoisotopic (exact) mass is 324 g/mol. The second-order valence-electron chi connectivity index (χ2n) is 5.06. The molecular weight excluding hydrogens is 308 g/mol. The maximum Gasteiger partial charge on any atom is 0.337 e. The number of esters is 1. The largest absolute Gasteiger partial charge is 0.497 e. The summed E-state index contributed by atoms with van der Waals surface area (Å²) in [5, 5.41) is 12.5. The highest BCUT2D eigenvalue weighted by molar-refractivity contribution is 5.89. The van der Waals surface area contributed by atoms with Crippen molar-refractivity contribution in [3.05, 3.63) is 59.7 Å². The van der Waals surface area contributed by atoms with Gasteiger partial charge in [-0.15, -0.1) is 10.2 Å². The Morgan fingerprint density at radius 2 is 1.92 bits per heavy atom. The molecule has 2 aromatic carbocycles. The fourth-order valence-corrected chi connectivity index (χ4v) is 2.22. The van der Waals surface area contributed by atoms with Crippen molar-refractivity contribution in [1.82, 2.24) is 20.2 Å². The smallest absolute Gasteiger partial charge is 0.337 e. The standard InChI is InChI=1S/C17H16N4O3/c1-23-15-5-3-4-14(10-15)16-18-20-21(19-16)11-12-6-8-13(9-7-12)17(22)24-2/h3-10H,11H2,1-2H3. The number of carbonyl (C=O) groups excluding carboxylic acids is 1. The Labute approximate surface area is 138 Å². The Bertz CT molecular complexity index is 843. The van der Waals surface area contributed by atoms with Gasteiger partial charge in [0.05, 0.1) is 26.3 Å². The van der Waals surface area contributed by atoms with Crippen molar-refractivity contribution >= 4 is 5.97 Å². The second-order valence-corrected chi connectivity index (χ2v) is 5.06. The summed E-state index contributed by atoms with van der Waals surface area (Å²) in [6.07, 6.45) is 0. The lowest BCUT2D eigenvalue weighted by Gasteiger charge is -2.02. The van der Waals surface area contributed by atoms with E-state index in [0.29, 0.717) is 17.9 Å². The van der Waals surface area contributed by atoms with Crippen molar-refractivity contribution in [3.63, 3.8) is 0 Å². The van der Waals surface area contributed by atoms with E-state index in [4.69, 9.17) is 4.74 Å². The summed E-state index contributed by atoms with van der Waals surface area (Å²) in [5.41, 5.74) is 2.30. The molecular formula is C17H16N4O3. The third-order valence-corrected chi connectivity index (χ3v) is 3.48. The molecule has 3 aromatic rings. The number of aromatic nitrogens is 4. The molecule has 0 aliphatic carbocycles. The first-order valence-electron chi connectivity index (χ1n) is 7.29. The first-order chi connectivity index (χ1) is 11.7. The third kappa shape index (κ3) is 3.40. The molecule has 3 rings (SSSR count). The van der Waals surface area contributed by atoms with E-state index in [1.165, 1.54) is 11.9 Å². The maximum atomic E-state index is 11.4. The molecule has 0 amide bonds. The van der Waals surface area contributed by atoms with Crippen LogP contribution in [0.1, 0.15) is 15.9 Å². The van der Waals surface area contributed by atoms with Crippen molar-refractivity contribution in [2.75, 3.05) is 14.2 Å². The van der Waals surface area contributed by atoms with Crippen LogP contribution in [0.2, 0.25) is 0 Å². The summed E-state index contributed by atoms with van der Waals surface area (Å²) in [5.74, 6) is 0.906. The lowest BCUT2D eigenvalue weighted by Crippen LogP contribution is -2.05. The van der Waals surface area contributed by atoms with Gasteiger partial charge in [0.2, 0.25) is 5.82 Å². The van der Waals surface area contributed by atoms with Gasteiger partial charge in [-0.3, -0.25) is 0 Å². The van der Waals surface area contributed by atoms with Crippen molar-refractivity contribution in [2.24, 2.45) is 0 Å². The molecule has 7 heteroatoms. The summed E-state index contributed by atoms with van der Waals surface area (Å²) < 4.78 is 9.87. The number of rotatable bonds is 5. The van der Waals surface area contributed by atoms with Crippen LogP contribution in [0.3, 0.4) is 0 Å². The Kier molecular flexibility index (Phi) is 4.51. The fourth-order valence-electron chi connectivity index (χ4n) is 2.22. The predicted molar refractivity (Wildman–Crippen MR) is 86.7 cm³/mol. The number of nitrogens with zero attached hydrogens (tertiary/aromatic N) is 4. The van der Waals surface area contributed by atoms with E-state index in [2.05, 4.69) is 20.1 Å². The van der Waals surface area contributed by atoms with Crippen LogP contribution in [0, 0.1) is 0 Å². The number of ether oxygens (including phenoxy) is 2. The van der Waals surface area contributed by atoms with Gasteiger partial charge in [0.15, 0.2) is 0 Å². The van der Waals surface area contributed by atoms with Crippen LogP contribution in [-0.2, 0) is 11.3 Å². The quantitative estimate of drug-likeness (QED) is 0.669. The summed E-state index contributed by atoms with van der Waals surface area (Å²) in [4.78, 5) is 12.9. The number of benzene rings is 2. The summed E-state index contributed by atoms with van der Waals surface area (Å²) in [6, 6.07) is 14.6. The molecule has 1 aromatic heterocycles. The van der Waals surface area contributed by atoms with E-state index in [1.807, 2.05) is 36.4 Å². The molecule has 0 bridgehead atoms. The molecule has 0 aliphatic heterocycles. The average molecular weight is 324 g/mol. The van der Waals surface area contributed by atoms with Crippen LogP contribution >= 0.6 is 0 Å². The van der Waals surface area contributed by atoms with Gasteiger partial charge < -0.3 is 9.47 Å². The van der Waals surface area contributed by atoms with Crippen molar-refractivity contribution in [2.45, 2.75) is 6.54 Å². The number of hydrogen-bond acceptors (Lipinski definition) is 6. The number of carbonyl (C=O) groups is 1. The van der Waals surface area contributed by atoms with E-state index >= 15 is 0 Å². The lowest BCUT2D eigenvalue weighted by atomic mass is 10.1. The summed E-state index contributed by atoms with van der Waals surface area (Å²) in [6.45, 7) is 0.457. The van der Waals surface area contributed by atoms with Gasteiger partial charge in [-0.1, -0.05) is 24.3 Å². The Morgan fingerprint density at radius 1 is 1.12 bits per heavy atom. The second kappa shape index (κ2) is 6.91. The Hall–Kier alpha value is -3.22. The molecule has 0 aliphatic rings. The molecule has 0 atom stereocenters. The summed E-state index contributed by atoms with van der Waals surface area (Å²) >= 11 is 0. The van der Waals surface area contributed by atoms with Gasteiger partial charge in [0.1, 0.15) is 5.75 Å². The zero-order chi connectivity index (χ0) is 16.9. The van der Waals surface area contributed by atoms with Crippen LogP contribution in [0.25, 0.3) is 11.4 Å². The molecule has 0 unspecified atom stereocenters. The number of hydrogen-bond donors (Lipinski definition) is 0. The van der Waals surface area contributed by atoms with Gasteiger partial charge >= 0.3 is 5.97 Å². The van der Waals surface area contributed by atoms with Gasteiger partial charge in [-0.2, -0.15) is 4.80 Å². The first kappa shape index (κ1) is 15.7. The normalized spacial score (nSPS) is 10.4. The van der Waals surface area contributed by atoms with E-state index < -0.39 is 0 Å². The Morgan fingerprint density at radius 3 is 2.62 bits per heavy atom. The first-order valence-corrected chi connectivity index (χ1v) is 7.29. The van der Waals surface area contributed by atoms with Gasteiger partial charge in [-0.05, 0) is 35.0 Å². The molecule has 122 valence electrons. The van der Waals surface area contributed by atoms with Crippen LogP contribution in [-0.4, -0.2) is 40.4 Å². The number of tetrazole rings is 1. The van der Waals surface area contributed by atoms with E-state index in [1.54, 1.807) is 19.2 Å². The third-order valence-electron chi connectivity index (χ3n) is 3.48. The zero-order valence-corrected chi connectivity index (χ0v) is 13.3. The molecule has 0 fully saturated rings. The topological polar surface area (TPSA) is 79.1 Å². The average Bonchev–Trinajstić information content (AvgIpc) is 3.10. The molecule has 0 saturated heterocycles. The highest BCUT2D eigenvalue weighted by Crippen LogP contribution is 2.20. The van der Waals surface area contributed by atoms with E-state index in [-0.39, 0.29) is 5.97 Å². The molecule has 7 nitrogen and oxygen atoms in total. The summed E-state index contributed by atoms with van der Waals surface area (Å²) in [7, 11) is 2.97. The van der Waals surface area contributed by atoms with Gasteiger partial charge in [0, 0.05) is 5.56 Å². The highest BCUT2D eigenvalue weighted by Gasteiger charge is 2.08. The minimum absolute atomic E-state index is 0.360. The zero-order valence-electron chi connectivity index (χ0n) is 13.3. The minimum atomic E-state index is -0.360. The van der Waals surface area contributed by atoms with Crippen LogP contribution in [0.15, 0.2) is 48.5 Å². The lowest BCUT2D eigenvalue weighted by molar-refractivity contribution is 0.0600. The molecule has 0 saturated carbocycles. The van der Waals surface area contributed by atoms with E-state index in [9.17, 15) is 4.79 Å². The molecule has 24 heavy (non-hydrogen) atoms. The van der Waals surface area contributed by atoms with Crippen LogP contribution < -0.4 is 4.74 Å². The van der Waals surface area contributed by atoms with Crippen molar-refractivity contribution in [1.29, 1.82) is 0 Å². The molecule has 1 heterocycles. The van der Waals surface area contributed by atoms with Gasteiger partial charge in [0.25, 0.3) is 0 Å². The SMILES string of the molecule is COC(=O)c1ccc(Cn2nnc(-c3cccc(OC)c3)n2)cc1. The fraction of sp³-hybridized carbons (Fsp3) is 0.176.